The number of carbonyl (C=O) groups is 1. The van der Waals surface area contributed by atoms with Gasteiger partial charge in [-0.25, -0.2) is 0 Å². The first-order valence-corrected chi connectivity index (χ1v) is 6.73. The zero-order chi connectivity index (χ0) is 14.4. The molecule has 0 amide bonds. The molecule has 3 heteroatoms. The van der Waals surface area contributed by atoms with Gasteiger partial charge in [0, 0.05) is 12.5 Å². The van der Waals surface area contributed by atoms with Crippen LogP contribution in [0.1, 0.15) is 31.4 Å². The fraction of sp³-hybridized carbons (Fsp3) is 0.235. The van der Waals surface area contributed by atoms with Gasteiger partial charge in [-0.05, 0) is 43.2 Å². The fourth-order valence-corrected chi connectivity index (χ4v) is 1.93. The van der Waals surface area contributed by atoms with Crippen LogP contribution in [0.25, 0.3) is 0 Å². The topological polar surface area (TPSA) is 52.3 Å². The van der Waals surface area contributed by atoms with Gasteiger partial charge in [0.15, 0.2) is 0 Å². The lowest BCUT2D eigenvalue weighted by Gasteiger charge is -2.12. The molecule has 0 aliphatic rings. The van der Waals surface area contributed by atoms with Crippen molar-refractivity contribution in [1.29, 1.82) is 0 Å². The van der Waals surface area contributed by atoms with Crippen molar-refractivity contribution in [3.8, 4) is 11.5 Å². The normalized spacial score (nSPS) is 11.9. The van der Waals surface area contributed by atoms with Gasteiger partial charge >= 0.3 is 0 Å². The van der Waals surface area contributed by atoms with Crippen LogP contribution in [-0.4, -0.2) is 5.78 Å². The van der Waals surface area contributed by atoms with Crippen molar-refractivity contribution < 1.29 is 9.53 Å². The first kappa shape index (κ1) is 14.3. The predicted octanol–water partition coefficient (Wildman–Crippen LogP) is 3.85. The van der Waals surface area contributed by atoms with Crippen LogP contribution >= 0.6 is 0 Å². The summed E-state index contributed by atoms with van der Waals surface area (Å²) < 4.78 is 5.72. The van der Waals surface area contributed by atoms with E-state index in [0.717, 1.165) is 17.1 Å². The summed E-state index contributed by atoms with van der Waals surface area (Å²) in [5, 5.41) is 0. The molecule has 0 aliphatic heterocycles. The van der Waals surface area contributed by atoms with Crippen LogP contribution in [0, 0.1) is 0 Å². The molecule has 0 saturated heterocycles. The first-order valence-electron chi connectivity index (χ1n) is 6.73. The molecule has 0 saturated carbocycles. The van der Waals surface area contributed by atoms with Crippen molar-refractivity contribution >= 4 is 5.78 Å². The van der Waals surface area contributed by atoms with E-state index in [2.05, 4.69) is 0 Å². The molecule has 0 heterocycles. The average Bonchev–Trinajstić information content (AvgIpc) is 2.46. The minimum atomic E-state index is -0.107. The molecule has 0 aromatic heterocycles. The highest BCUT2D eigenvalue weighted by molar-refractivity contribution is 5.75. The molecule has 104 valence electrons. The van der Waals surface area contributed by atoms with Crippen molar-refractivity contribution in [2.75, 3.05) is 0 Å². The molecular formula is C17H19NO2. The zero-order valence-electron chi connectivity index (χ0n) is 11.6. The van der Waals surface area contributed by atoms with Crippen LogP contribution in [0.3, 0.4) is 0 Å². The maximum absolute atomic E-state index is 11.0. The Labute approximate surface area is 119 Å². The Hall–Kier alpha value is -2.13. The third-order valence-corrected chi connectivity index (χ3v) is 3.09. The van der Waals surface area contributed by atoms with E-state index in [0.29, 0.717) is 12.8 Å². The van der Waals surface area contributed by atoms with Crippen LogP contribution in [-0.2, 0) is 4.79 Å². The van der Waals surface area contributed by atoms with Gasteiger partial charge in [0.05, 0.1) is 0 Å². The lowest BCUT2D eigenvalue weighted by molar-refractivity contribution is -0.117. The Kier molecular flexibility index (Phi) is 4.91. The summed E-state index contributed by atoms with van der Waals surface area (Å²) in [7, 11) is 0. The molecule has 0 aliphatic carbocycles. The number of carbonyl (C=O) groups excluding carboxylic acids is 1. The third-order valence-electron chi connectivity index (χ3n) is 3.09. The Balaban J connectivity index is 1.97. The van der Waals surface area contributed by atoms with Gasteiger partial charge in [-0.3, -0.25) is 0 Å². The number of Topliss-reactive ketones (excluding diaryl/α,β-unsaturated/α-hetero) is 1. The number of hydrogen-bond acceptors (Lipinski definition) is 3. The van der Waals surface area contributed by atoms with Crippen molar-refractivity contribution in [1.82, 2.24) is 0 Å². The van der Waals surface area contributed by atoms with Gasteiger partial charge in [-0.15, -0.1) is 0 Å². The van der Waals surface area contributed by atoms with Crippen LogP contribution < -0.4 is 10.5 Å². The highest BCUT2D eigenvalue weighted by Gasteiger charge is 2.07. The number of hydrogen-bond donors (Lipinski definition) is 1. The summed E-state index contributed by atoms with van der Waals surface area (Å²) in [6.07, 6.45) is 1.19. The number of ether oxygens (including phenoxy) is 1. The van der Waals surface area contributed by atoms with Crippen molar-refractivity contribution in [3.63, 3.8) is 0 Å². The molecule has 0 fully saturated rings. The molecule has 0 spiro atoms. The van der Waals surface area contributed by atoms with E-state index in [-0.39, 0.29) is 11.8 Å². The molecule has 2 rings (SSSR count). The molecular weight excluding hydrogens is 250 g/mol. The van der Waals surface area contributed by atoms with Gasteiger partial charge in [-0.2, -0.15) is 0 Å². The maximum atomic E-state index is 11.0. The van der Waals surface area contributed by atoms with E-state index in [9.17, 15) is 4.79 Å². The largest absolute Gasteiger partial charge is 0.457 e. The van der Waals surface area contributed by atoms with Gasteiger partial charge in [0.2, 0.25) is 0 Å². The quantitative estimate of drug-likeness (QED) is 0.866. The lowest BCUT2D eigenvalue weighted by atomic mass is 10.0. The number of nitrogens with two attached hydrogens (primary N) is 1. The summed E-state index contributed by atoms with van der Waals surface area (Å²) in [5.74, 6) is 1.75. The first-order chi connectivity index (χ1) is 9.65. The summed E-state index contributed by atoms with van der Waals surface area (Å²) in [6, 6.07) is 17.2. The second-order valence-corrected chi connectivity index (χ2v) is 4.83. The highest BCUT2D eigenvalue weighted by atomic mass is 16.5. The van der Waals surface area contributed by atoms with E-state index >= 15 is 0 Å². The SMILES string of the molecule is CC(=O)CCC(N)c1ccc(Oc2ccccc2)cc1. The number of rotatable bonds is 6. The third kappa shape index (κ3) is 4.21. The highest BCUT2D eigenvalue weighted by Crippen LogP contribution is 2.23. The fourth-order valence-electron chi connectivity index (χ4n) is 1.93. The standard InChI is InChI=1S/C17H19NO2/c1-13(19)7-12-17(18)14-8-10-16(11-9-14)20-15-5-3-2-4-6-15/h2-6,8-11,17H,7,12,18H2,1H3. The Morgan fingerprint density at radius 3 is 2.25 bits per heavy atom. The number of benzene rings is 2. The van der Waals surface area contributed by atoms with Crippen LogP contribution in [0.2, 0.25) is 0 Å². The molecule has 2 N–H and O–H groups in total. The monoisotopic (exact) mass is 269 g/mol. The van der Waals surface area contributed by atoms with Crippen molar-refractivity contribution in [3.05, 3.63) is 60.2 Å². The minimum absolute atomic E-state index is 0.107. The molecule has 3 nitrogen and oxygen atoms in total. The molecule has 2 aromatic carbocycles. The van der Waals surface area contributed by atoms with E-state index in [1.807, 2.05) is 54.6 Å². The van der Waals surface area contributed by atoms with E-state index in [1.54, 1.807) is 6.92 Å². The van der Waals surface area contributed by atoms with E-state index < -0.39 is 0 Å². The van der Waals surface area contributed by atoms with Crippen LogP contribution in [0.15, 0.2) is 54.6 Å². The second-order valence-electron chi connectivity index (χ2n) is 4.83. The summed E-state index contributed by atoms with van der Waals surface area (Å²) in [4.78, 5) is 11.0. The van der Waals surface area contributed by atoms with E-state index in [1.165, 1.54) is 0 Å². The van der Waals surface area contributed by atoms with Crippen LogP contribution in [0.4, 0.5) is 0 Å². The number of para-hydroxylation sites is 1. The summed E-state index contributed by atoms with van der Waals surface area (Å²) >= 11 is 0. The smallest absolute Gasteiger partial charge is 0.129 e. The van der Waals surface area contributed by atoms with Crippen molar-refractivity contribution in [2.45, 2.75) is 25.8 Å². The lowest BCUT2D eigenvalue weighted by Crippen LogP contribution is -2.11. The number of ketones is 1. The van der Waals surface area contributed by atoms with Gasteiger partial charge < -0.3 is 15.3 Å². The maximum Gasteiger partial charge on any atom is 0.129 e. The molecule has 1 unspecified atom stereocenters. The molecule has 1 atom stereocenters. The Bertz CT molecular complexity index is 549. The Morgan fingerprint density at radius 1 is 1.05 bits per heavy atom. The average molecular weight is 269 g/mol. The Morgan fingerprint density at radius 2 is 1.65 bits per heavy atom. The predicted molar refractivity (Wildman–Crippen MR) is 79.8 cm³/mol. The molecule has 0 radical (unpaired) electrons. The molecule has 2 aromatic rings. The van der Waals surface area contributed by atoms with E-state index in [4.69, 9.17) is 10.5 Å². The molecule has 0 bridgehead atoms. The van der Waals surface area contributed by atoms with Gasteiger partial charge in [0.25, 0.3) is 0 Å². The van der Waals surface area contributed by atoms with Gasteiger partial charge in [0.1, 0.15) is 17.3 Å². The zero-order valence-corrected chi connectivity index (χ0v) is 11.6. The van der Waals surface area contributed by atoms with Crippen molar-refractivity contribution in [2.24, 2.45) is 5.73 Å². The van der Waals surface area contributed by atoms with Gasteiger partial charge in [-0.1, -0.05) is 30.3 Å². The summed E-state index contributed by atoms with van der Waals surface area (Å²) in [5.41, 5.74) is 7.07. The molecule has 20 heavy (non-hydrogen) atoms. The second kappa shape index (κ2) is 6.87. The summed E-state index contributed by atoms with van der Waals surface area (Å²) in [6.45, 7) is 1.59. The van der Waals surface area contributed by atoms with Crippen LogP contribution in [0.5, 0.6) is 11.5 Å². The minimum Gasteiger partial charge on any atom is -0.457 e.